The van der Waals surface area contributed by atoms with Crippen molar-refractivity contribution < 1.29 is 23.8 Å². The normalized spacial score (nSPS) is 22.2. The summed E-state index contributed by atoms with van der Waals surface area (Å²) >= 11 is 0. The molecule has 0 aliphatic carbocycles. The van der Waals surface area contributed by atoms with Crippen LogP contribution in [-0.2, 0) is 16.0 Å². The molecule has 7 heteroatoms. The number of amides is 1. The van der Waals surface area contributed by atoms with E-state index in [9.17, 15) is 19.1 Å². The molecule has 2 aliphatic heterocycles. The Bertz CT molecular complexity index is 1080. The molecule has 2 atom stereocenters. The number of Topliss-reactive ketones (excluding diaryl/α,β-unsaturated/α-hetero) is 1. The van der Waals surface area contributed by atoms with Crippen LogP contribution >= 0.6 is 0 Å². The summed E-state index contributed by atoms with van der Waals surface area (Å²) in [6.45, 7) is 2.67. The van der Waals surface area contributed by atoms with Gasteiger partial charge >= 0.3 is 0 Å². The minimum atomic E-state index is -0.996. The minimum absolute atomic E-state index is 0.0300. The fraction of sp³-hybridized carbons (Fsp3) is 0.333. The lowest BCUT2D eigenvalue weighted by Crippen LogP contribution is -2.35. The maximum absolute atomic E-state index is 14.7. The number of halogens is 1. The first-order valence-corrected chi connectivity index (χ1v) is 10.3. The van der Waals surface area contributed by atoms with Gasteiger partial charge in [0.1, 0.15) is 23.4 Å². The zero-order valence-corrected chi connectivity index (χ0v) is 17.8. The van der Waals surface area contributed by atoms with Crippen LogP contribution in [0.5, 0.6) is 5.75 Å². The Morgan fingerprint density at radius 2 is 1.97 bits per heavy atom. The van der Waals surface area contributed by atoms with Crippen molar-refractivity contribution in [2.75, 3.05) is 27.2 Å². The predicted molar refractivity (Wildman–Crippen MR) is 114 cm³/mol. The van der Waals surface area contributed by atoms with Gasteiger partial charge in [-0.3, -0.25) is 9.59 Å². The number of rotatable bonds is 5. The van der Waals surface area contributed by atoms with Crippen LogP contribution in [0.15, 0.2) is 48.0 Å². The number of carbonyl (C=O) groups is 2. The van der Waals surface area contributed by atoms with Gasteiger partial charge < -0.3 is 19.6 Å². The van der Waals surface area contributed by atoms with E-state index in [1.807, 2.05) is 25.9 Å². The van der Waals surface area contributed by atoms with Crippen molar-refractivity contribution in [3.63, 3.8) is 0 Å². The summed E-state index contributed by atoms with van der Waals surface area (Å²) in [6.07, 6.45) is 0.715. The van der Waals surface area contributed by atoms with E-state index in [0.717, 1.165) is 11.3 Å². The van der Waals surface area contributed by atoms with Crippen molar-refractivity contribution in [3.8, 4) is 5.75 Å². The van der Waals surface area contributed by atoms with Crippen LogP contribution in [0.4, 0.5) is 4.39 Å². The van der Waals surface area contributed by atoms with Gasteiger partial charge in [0.15, 0.2) is 0 Å². The quantitative estimate of drug-likeness (QED) is 0.454. The van der Waals surface area contributed by atoms with Gasteiger partial charge in [-0.25, -0.2) is 4.39 Å². The number of benzene rings is 2. The number of fused-ring (bicyclic) bond motifs is 1. The van der Waals surface area contributed by atoms with Gasteiger partial charge in [-0.1, -0.05) is 18.2 Å². The maximum atomic E-state index is 14.7. The first-order chi connectivity index (χ1) is 14.8. The summed E-state index contributed by atoms with van der Waals surface area (Å²) in [4.78, 5) is 29.1. The van der Waals surface area contributed by atoms with E-state index in [-0.39, 0.29) is 29.5 Å². The molecular formula is C24H25FN2O4. The molecule has 31 heavy (non-hydrogen) atoms. The average molecular weight is 424 g/mol. The molecule has 1 fully saturated rings. The second kappa shape index (κ2) is 8.15. The third-order valence-electron chi connectivity index (χ3n) is 5.70. The van der Waals surface area contributed by atoms with Crippen LogP contribution in [0.3, 0.4) is 0 Å². The number of nitrogens with zero attached hydrogens (tertiary/aromatic N) is 2. The van der Waals surface area contributed by atoms with Crippen LogP contribution in [0, 0.1) is 5.82 Å². The van der Waals surface area contributed by atoms with Crippen molar-refractivity contribution >= 4 is 17.4 Å². The molecule has 6 nitrogen and oxygen atoms in total. The van der Waals surface area contributed by atoms with Crippen LogP contribution < -0.4 is 4.74 Å². The van der Waals surface area contributed by atoms with E-state index in [4.69, 9.17) is 4.74 Å². The summed E-state index contributed by atoms with van der Waals surface area (Å²) in [5.74, 6) is -1.65. The van der Waals surface area contributed by atoms with Crippen LogP contribution in [0.1, 0.15) is 29.7 Å². The molecule has 0 spiro atoms. The molecule has 2 aliphatic rings. The van der Waals surface area contributed by atoms with Crippen molar-refractivity contribution in [3.05, 3.63) is 70.5 Å². The highest BCUT2D eigenvalue weighted by molar-refractivity contribution is 6.46. The van der Waals surface area contributed by atoms with Gasteiger partial charge in [-0.15, -0.1) is 0 Å². The van der Waals surface area contributed by atoms with Gasteiger partial charge in [-0.05, 0) is 50.8 Å². The SMILES string of the molecule is C[C@@H]1Cc2cc(C(O)=C3C(=O)C(=O)N(CCN(C)C)[C@H]3c3ccccc3F)ccc2O1. The Balaban J connectivity index is 1.84. The number of ether oxygens (including phenoxy) is 1. The first-order valence-electron chi connectivity index (χ1n) is 10.3. The second-order valence-electron chi connectivity index (χ2n) is 8.27. The molecule has 2 aromatic rings. The Hall–Kier alpha value is -3.19. The van der Waals surface area contributed by atoms with E-state index in [0.29, 0.717) is 18.5 Å². The summed E-state index contributed by atoms with van der Waals surface area (Å²) in [5.41, 5.74) is 1.41. The zero-order chi connectivity index (χ0) is 22.3. The number of carbonyl (C=O) groups excluding carboxylic acids is 2. The van der Waals surface area contributed by atoms with Crippen molar-refractivity contribution in [2.45, 2.75) is 25.5 Å². The molecule has 0 unspecified atom stereocenters. The third-order valence-corrected chi connectivity index (χ3v) is 5.70. The summed E-state index contributed by atoms with van der Waals surface area (Å²) in [7, 11) is 3.70. The molecule has 1 N–H and O–H groups in total. The Kier molecular flexibility index (Phi) is 5.54. The maximum Gasteiger partial charge on any atom is 0.295 e. The number of aliphatic hydroxyl groups is 1. The largest absolute Gasteiger partial charge is 0.507 e. The lowest BCUT2D eigenvalue weighted by atomic mass is 9.94. The first kappa shape index (κ1) is 21.1. The molecule has 2 heterocycles. The van der Waals surface area contributed by atoms with Gasteiger partial charge in [0.25, 0.3) is 11.7 Å². The summed E-state index contributed by atoms with van der Waals surface area (Å²) in [6, 6.07) is 10.2. The third kappa shape index (κ3) is 3.81. The number of likely N-dealkylation sites (N-methyl/N-ethyl adjacent to an activating group) is 1. The lowest BCUT2D eigenvalue weighted by Gasteiger charge is -2.26. The topological polar surface area (TPSA) is 70.1 Å². The van der Waals surface area contributed by atoms with Gasteiger partial charge in [0.05, 0.1) is 11.6 Å². The molecule has 1 saturated heterocycles. The molecule has 162 valence electrons. The molecule has 0 aromatic heterocycles. The second-order valence-corrected chi connectivity index (χ2v) is 8.27. The highest BCUT2D eigenvalue weighted by Crippen LogP contribution is 2.41. The molecule has 0 bridgehead atoms. The Morgan fingerprint density at radius 3 is 2.68 bits per heavy atom. The van der Waals surface area contributed by atoms with E-state index >= 15 is 0 Å². The number of ketones is 1. The summed E-state index contributed by atoms with van der Waals surface area (Å²) in [5, 5.41) is 11.1. The van der Waals surface area contributed by atoms with E-state index in [1.54, 1.807) is 36.4 Å². The summed E-state index contributed by atoms with van der Waals surface area (Å²) < 4.78 is 20.5. The molecule has 0 radical (unpaired) electrons. The fourth-order valence-electron chi connectivity index (χ4n) is 4.16. The smallest absolute Gasteiger partial charge is 0.295 e. The standard InChI is InChI=1S/C24H25FN2O4/c1-14-12-16-13-15(8-9-19(16)31-14)22(28)20-21(17-6-4-5-7-18(17)25)27(11-10-26(2)3)24(30)23(20)29/h4-9,13-14,21,28H,10-12H2,1-3H3/t14-,21+/m1/s1. The lowest BCUT2D eigenvalue weighted by molar-refractivity contribution is -0.140. The predicted octanol–water partition coefficient (Wildman–Crippen LogP) is 3.13. The van der Waals surface area contributed by atoms with Crippen LogP contribution in [0.2, 0.25) is 0 Å². The van der Waals surface area contributed by atoms with Crippen molar-refractivity contribution in [1.82, 2.24) is 9.80 Å². The average Bonchev–Trinajstić information content (AvgIpc) is 3.22. The Morgan fingerprint density at radius 1 is 1.23 bits per heavy atom. The van der Waals surface area contributed by atoms with Crippen molar-refractivity contribution in [2.24, 2.45) is 0 Å². The van der Waals surface area contributed by atoms with Crippen LogP contribution in [-0.4, -0.2) is 59.9 Å². The number of likely N-dealkylation sites (tertiary alicyclic amines) is 1. The minimum Gasteiger partial charge on any atom is -0.507 e. The number of hydrogen-bond acceptors (Lipinski definition) is 5. The van der Waals surface area contributed by atoms with Gasteiger partial charge in [-0.2, -0.15) is 0 Å². The fourth-order valence-corrected chi connectivity index (χ4v) is 4.16. The van der Waals surface area contributed by atoms with Crippen LogP contribution in [0.25, 0.3) is 5.76 Å². The molecule has 4 rings (SSSR count). The zero-order valence-electron chi connectivity index (χ0n) is 17.8. The van der Waals surface area contributed by atoms with E-state index < -0.39 is 23.5 Å². The number of aliphatic hydroxyl groups excluding tert-OH is 1. The number of hydrogen-bond donors (Lipinski definition) is 1. The van der Waals surface area contributed by atoms with Gasteiger partial charge in [0.2, 0.25) is 0 Å². The van der Waals surface area contributed by atoms with E-state index in [2.05, 4.69) is 0 Å². The Labute approximate surface area is 180 Å². The highest BCUT2D eigenvalue weighted by Gasteiger charge is 2.46. The van der Waals surface area contributed by atoms with Gasteiger partial charge in [0, 0.05) is 30.6 Å². The molecule has 2 aromatic carbocycles. The molecular weight excluding hydrogens is 399 g/mol. The molecule has 1 amide bonds. The van der Waals surface area contributed by atoms with E-state index in [1.165, 1.54) is 11.0 Å². The molecule has 0 saturated carbocycles. The monoisotopic (exact) mass is 424 g/mol. The highest BCUT2D eigenvalue weighted by atomic mass is 19.1. The van der Waals surface area contributed by atoms with Crippen molar-refractivity contribution in [1.29, 1.82) is 0 Å².